The topological polar surface area (TPSA) is 77.1 Å². The van der Waals surface area contributed by atoms with Gasteiger partial charge in [-0.1, -0.05) is 15.9 Å². The largest absolute Gasteiger partial charge is 0.398 e. The maximum atomic E-state index is 12.1. The third-order valence-electron chi connectivity index (χ3n) is 2.84. The molecule has 3 N–H and O–H groups in total. The summed E-state index contributed by atoms with van der Waals surface area (Å²) < 4.78 is 2.33. The van der Waals surface area contributed by atoms with E-state index in [0.717, 1.165) is 4.47 Å². The second-order valence-electron chi connectivity index (χ2n) is 4.23. The fraction of sp³-hybridized carbons (Fsp3) is 0.143. The number of carbonyl (C=O) groups is 1. The highest BCUT2D eigenvalue weighted by Gasteiger charge is 2.10. The van der Waals surface area contributed by atoms with Crippen LogP contribution in [0.5, 0.6) is 0 Å². The van der Waals surface area contributed by atoms with Crippen molar-refractivity contribution in [1.82, 2.24) is 4.57 Å². The number of benzene rings is 1. The normalized spacial score (nSPS) is 10.3. The van der Waals surface area contributed by atoms with Crippen LogP contribution >= 0.6 is 15.9 Å². The number of nitrogen functional groups attached to an aromatic ring is 1. The number of aromatic nitrogens is 1. The van der Waals surface area contributed by atoms with E-state index in [4.69, 9.17) is 5.73 Å². The van der Waals surface area contributed by atoms with Crippen LogP contribution in [0.15, 0.2) is 45.8 Å². The maximum absolute atomic E-state index is 12.1. The molecule has 1 amide bonds. The summed E-state index contributed by atoms with van der Waals surface area (Å²) in [6.45, 7) is 2.41. The fourth-order valence-corrected chi connectivity index (χ4v) is 2.17. The van der Waals surface area contributed by atoms with E-state index in [9.17, 15) is 9.59 Å². The molecule has 0 aliphatic heterocycles. The molecule has 0 unspecified atom stereocenters. The molecule has 0 saturated heterocycles. The Morgan fingerprint density at radius 1 is 1.35 bits per heavy atom. The first-order valence-electron chi connectivity index (χ1n) is 6.08. The Kier molecular flexibility index (Phi) is 4.24. The number of halogens is 1. The Bertz CT molecular complexity index is 710. The van der Waals surface area contributed by atoms with Gasteiger partial charge in [-0.05, 0) is 31.2 Å². The van der Waals surface area contributed by atoms with Crippen molar-refractivity contribution in [3.05, 3.63) is 56.9 Å². The number of pyridine rings is 1. The van der Waals surface area contributed by atoms with Crippen LogP contribution in [0.1, 0.15) is 17.3 Å². The van der Waals surface area contributed by atoms with E-state index in [-0.39, 0.29) is 11.5 Å². The molecule has 2 rings (SSSR count). The van der Waals surface area contributed by atoms with E-state index in [0.29, 0.717) is 23.5 Å². The van der Waals surface area contributed by atoms with E-state index in [1.807, 2.05) is 6.92 Å². The Morgan fingerprint density at radius 2 is 2.10 bits per heavy atom. The number of rotatable bonds is 3. The molecule has 1 aromatic heterocycles. The number of carbonyl (C=O) groups excluding carboxylic acids is 1. The van der Waals surface area contributed by atoms with E-state index in [1.165, 1.54) is 10.6 Å². The third kappa shape index (κ3) is 3.08. The van der Waals surface area contributed by atoms with Crippen LogP contribution in [0.25, 0.3) is 0 Å². The number of hydrogen-bond acceptors (Lipinski definition) is 3. The van der Waals surface area contributed by atoms with Gasteiger partial charge in [0.1, 0.15) is 0 Å². The number of aryl methyl sites for hydroxylation is 1. The number of anilines is 2. The molecule has 20 heavy (non-hydrogen) atoms. The molecular formula is C14H14BrN3O2. The van der Waals surface area contributed by atoms with Crippen LogP contribution in [0, 0.1) is 0 Å². The van der Waals surface area contributed by atoms with Gasteiger partial charge in [0.15, 0.2) is 0 Å². The zero-order valence-corrected chi connectivity index (χ0v) is 12.5. The van der Waals surface area contributed by atoms with Gasteiger partial charge in [-0.15, -0.1) is 0 Å². The molecule has 0 fully saturated rings. The van der Waals surface area contributed by atoms with Crippen LogP contribution in [-0.4, -0.2) is 10.5 Å². The molecule has 0 aliphatic carbocycles. The van der Waals surface area contributed by atoms with Crippen molar-refractivity contribution in [2.75, 3.05) is 11.1 Å². The van der Waals surface area contributed by atoms with Crippen molar-refractivity contribution in [3.63, 3.8) is 0 Å². The van der Waals surface area contributed by atoms with Crippen molar-refractivity contribution in [3.8, 4) is 0 Å². The molecule has 0 saturated carbocycles. The summed E-state index contributed by atoms with van der Waals surface area (Å²) in [7, 11) is 0. The molecule has 0 aliphatic rings. The zero-order chi connectivity index (χ0) is 14.7. The lowest BCUT2D eigenvalue weighted by molar-refractivity contribution is 0.102. The summed E-state index contributed by atoms with van der Waals surface area (Å²) in [5, 5.41) is 2.73. The van der Waals surface area contributed by atoms with Gasteiger partial charge in [0, 0.05) is 29.0 Å². The van der Waals surface area contributed by atoms with Crippen molar-refractivity contribution in [1.29, 1.82) is 0 Å². The summed E-state index contributed by atoms with van der Waals surface area (Å²) in [4.78, 5) is 23.6. The summed E-state index contributed by atoms with van der Waals surface area (Å²) in [6, 6.07) is 8.05. The van der Waals surface area contributed by atoms with E-state index < -0.39 is 0 Å². The van der Waals surface area contributed by atoms with Crippen molar-refractivity contribution < 1.29 is 4.79 Å². The molecular weight excluding hydrogens is 322 g/mol. The van der Waals surface area contributed by atoms with E-state index >= 15 is 0 Å². The molecule has 5 nitrogen and oxygen atoms in total. The minimum absolute atomic E-state index is 0.103. The molecule has 0 spiro atoms. The minimum Gasteiger partial charge on any atom is -0.398 e. The van der Waals surface area contributed by atoms with Crippen LogP contribution in [-0.2, 0) is 6.54 Å². The summed E-state index contributed by atoms with van der Waals surface area (Å²) in [5.41, 5.74) is 7.04. The predicted octanol–water partition coefficient (Wildman–Crippen LogP) is 2.47. The van der Waals surface area contributed by atoms with Gasteiger partial charge in [-0.2, -0.15) is 0 Å². The summed E-state index contributed by atoms with van der Waals surface area (Å²) in [5.74, 6) is -0.309. The minimum atomic E-state index is -0.309. The summed E-state index contributed by atoms with van der Waals surface area (Å²) >= 11 is 3.29. The first-order chi connectivity index (χ1) is 9.51. The summed E-state index contributed by atoms with van der Waals surface area (Å²) in [6.07, 6.45) is 1.61. The predicted molar refractivity (Wildman–Crippen MR) is 82.9 cm³/mol. The fourth-order valence-electron chi connectivity index (χ4n) is 1.79. The maximum Gasteiger partial charge on any atom is 0.257 e. The smallest absolute Gasteiger partial charge is 0.257 e. The first kappa shape index (κ1) is 14.3. The standard InChI is InChI=1S/C14H14BrN3O2/c1-2-18-8-10(4-6-13(18)19)17-14(20)11-5-3-9(15)7-12(11)16/h3-8H,2,16H2,1H3,(H,17,20). The van der Waals surface area contributed by atoms with Crippen molar-refractivity contribution in [2.24, 2.45) is 0 Å². The average Bonchev–Trinajstić information content (AvgIpc) is 2.40. The van der Waals surface area contributed by atoms with E-state index in [2.05, 4.69) is 21.2 Å². The quantitative estimate of drug-likeness (QED) is 0.846. The zero-order valence-electron chi connectivity index (χ0n) is 10.9. The lowest BCUT2D eigenvalue weighted by atomic mass is 10.1. The lowest BCUT2D eigenvalue weighted by Gasteiger charge is -2.09. The van der Waals surface area contributed by atoms with Gasteiger partial charge in [0.2, 0.25) is 0 Å². The van der Waals surface area contributed by atoms with Crippen molar-refractivity contribution in [2.45, 2.75) is 13.5 Å². The second kappa shape index (κ2) is 5.92. The molecule has 6 heteroatoms. The highest BCUT2D eigenvalue weighted by Crippen LogP contribution is 2.19. The monoisotopic (exact) mass is 335 g/mol. The van der Waals surface area contributed by atoms with Gasteiger partial charge in [0.05, 0.1) is 11.3 Å². The number of hydrogen-bond donors (Lipinski definition) is 2. The lowest BCUT2D eigenvalue weighted by Crippen LogP contribution is -2.20. The van der Waals surface area contributed by atoms with Gasteiger partial charge in [0.25, 0.3) is 11.5 Å². The Labute approximate surface area is 124 Å². The number of nitrogens with zero attached hydrogens (tertiary/aromatic N) is 1. The SMILES string of the molecule is CCn1cc(NC(=O)c2ccc(Br)cc2N)ccc1=O. The average molecular weight is 336 g/mol. The number of amides is 1. The number of nitrogens with one attached hydrogen (secondary N) is 1. The van der Waals surface area contributed by atoms with Crippen LogP contribution in [0.2, 0.25) is 0 Å². The van der Waals surface area contributed by atoms with Crippen molar-refractivity contribution >= 4 is 33.2 Å². The molecule has 1 aromatic carbocycles. The highest BCUT2D eigenvalue weighted by atomic mass is 79.9. The Morgan fingerprint density at radius 3 is 2.75 bits per heavy atom. The first-order valence-corrected chi connectivity index (χ1v) is 6.87. The van der Waals surface area contributed by atoms with Gasteiger partial charge in [-0.25, -0.2) is 0 Å². The molecule has 104 valence electrons. The second-order valence-corrected chi connectivity index (χ2v) is 5.14. The molecule has 1 heterocycles. The van der Waals surface area contributed by atoms with E-state index in [1.54, 1.807) is 30.5 Å². The third-order valence-corrected chi connectivity index (χ3v) is 3.33. The molecule has 2 aromatic rings. The molecule has 0 radical (unpaired) electrons. The number of nitrogens with two attached hydrogens (primary N) is 1. The molecule has 0 bridgehead atoms. The molecule has 0 atom stereocenters. The van der Waals surface area contributed by atoms with Crippen LogP contribution < -0.4 is 16.6 Å². The van der Waals surface area contributed by atoms with Gasteiger partial charge >= 0.3 is 0 Å². The Balaban J connectivity index is 2.25. The van der Waals surface area contributed by atoms with Gasteiger partial charge in [-0.3, -0.25) is 9.59 Å². The highest BCUT2D eigenvalue weighted by molar-refractivity contribution is 9.10. The van der Waals surface area contributed by atoms with Gasteiger partial charge < -0.3 is 15.6 Å². The van der Waals surface area contributed by atoms with Crippen LogP contribution in [0.4, 0.5) is 11.4 Å². The van der Waals surface area contributed by atoms with Crippen LogP contribution in [0.3, 0.4) is 0 Å². The Hall–Kier alpha value is -2.08.